The Hall–Kier alpha value is -1.00. The van der Waals surface area contributed by atoms with Gasteiger partial charge in [0.15, 0.2) is 0 Å². The van der Waals surface area contributed by atoms with Gasteiger partial charge in [-0.05, 0) is 48.9 Å². The molecule has 0 aliphatic rings. The molecule has 0 aromatic heterocycles. The molecule has 0 saturated heterocycles. The molecule has 0 heterocycles. The van der Waals surface area contributed by atoms with Crippen molar-refractivity contribution in [2.75, 3.05) is 6.54 Å². The summed E-state index contributed by atoms with van der Waals surface area (Å²) in [7, 11) is 0. The van der Waals surface area contributed by atoms with Crippen LogP contribution in [0.1, 0.15) is 18.0 Å². The first-order chi connectivity index (χ1) is 9.20. The highest BCUT2D eigenvalue weighted by Crippen LogP contribution is 2.33. The van der Waals surface area contributed by atoms with E-state index in [2.05, 4.69) is 12.1 Å². The molecule has 0 fully saturated rings. The molecule has 0 unspecified atom stereocenters. The van der Waals surface area contributed by atoms with Gasteiger partial charge < -0.3 is 11.5 Å². The number of benzene rings is 2. The number of hydrogen-bond donors (Lipinski definition) is 2. The summed E-state index contributed by atoms with van der Waals surface area (Å²) in [6.45, 7) is 0.598. The topological polar surface area (TPSA) is 52.0 Å². The molecule has 2 rings (SSSR count). The van der Waals surface area contributed by atoms with E-state index in [1.165, 1.54) is 4.90 Å². The average Bonchev–Trinajstić information content (AvgIpc) is 2.42. The van der Waals surface area contributed by atoms with Gasteiger partial charge in [0, 0.05) is 20.9 Å². The molecular weight excluding hydrogens is 276 g/mol. The van der Waals surface area contributed by atoms with Gasteiger partial charge >= 0.3 is 0 Å². The van der Waals surface area contributed by atoms with Gasteiger partial charge in [0.1, 0.15) is 0 Å². The van der Waals surface area contributed by atoms with E-state index in [4.69, 9.17) is 23.1 Å². The Morgan fingerprint density at radius 2 is 1.74 bits per heavy atom. The largest absolute Gasteiger partial charge is 0.330 e. The molecule has 0 aliphatic heterocycles. The molecule has 0 radical (unpaired) electrons. The van der Waals surface area contributed by atoms with Gasteiger partial charge in [-0.3, -0.25) is 0 Å². The van der Waals surface area contributed by atoms with Crippen LogP contribution < -0.4 is 11.5 Å². The third-order valence-corrected chi connectivity index (χ3v) is 4.19. The Morgan fingerprint density at radius 3 is 2.42 bits per heavy atom. The summed E-state index contributed by atoms with van der Waals surface area (Å²) >= 11 is 7.59. The first kappa shape index (κ1) is 14.4. The van der Waals surface area contributed by atoms with Gasteiger partial charge in [-0.25, -0.2) is 0 Å². The molecule has 0 spiro atoms. The van der Waals surface area contributed by atoms with E-state index in [1.807, 2.05) is 36.4 Å². The zero-order valence-electron chi connectivity index (χ0n) is 10.6. The predicted molar refractivity (Wildman–Crippen MR) is 82.6 cm³/mol. The fourth-order valence-corrected chi connectivity index (χ4v) is 2.98. The van der Waals surface area contributed by atoms with Gasteiger partial charge in [-0.1, -0.05) is 41.6 Å². The first-order valence-corrected chi connectivity index (χ1v) is 7.38. The number of rotatable bonds is 5. The van der Waals surface area contributed by atoms with Crippen LogP contribution in [0.2, 0.25) is 5.02 Å². The summed E-state index contributed by atoms with van der Waals surface area (Å²) in [6.07, 6.45) is 0.790. The van der Waals surface area contributed by atoms with Crippen molar-refractivity contribution in [3.63, 3.8) is 0 Å². The number of halogens is 1. The lowest BCUT2D eigenvalue weighted by Crippen LogP contribution is -2.15. The van der Waals surface area contributed by atoms with Crippen molar-refractivity contribution >= 4 is 23.4 Å². The maximum absolute atomic E-state index is 6.17. The highest BCUT2D eigenvalue weighted by molar-refractivity contribution is 7.99. The lowest BCUT2D eigenvalue weighted by atomic mass is 10.1. The summed E-state index contributed by atoms with van der Waals surface area (Å²) in [5.41, 5.74) is 12.9. The Bertz CT molecular complexity index is 528. The molecule has 2 aromatic carbocycles. The monoisotopic (exact) mass is 292 g/mol. The van der Waals surface area contributed by atoms with Gasteiger partial charge in [-0.2, -0.15) is 0 Å². The number of nitrogens with two attached hydrogens (primary N) is 2. The molecule has 0 saturated carbocycles. The van der Waals surface area contributed by atoms with Gasteiger partial charge in [0.2, 0.25) is 0 Å². The molecule has 1 atom stereocenters. The fourth-order valence-electron chi connectivity index (χ4n) is 1.84. The van der Waals surface area contributed by atoms with Crippen LogP contribution in [0.15, 0.2) is 58.3 Å². The van der Waals surface area contributed by atoms with Crippen LogP contribution >= 0.6 is 23.4 Å². The highest BCUT2D eigenvalue weighted by atomic mass is 35.5. The van der Waals surface area contributed by atoms with Crippen molar-refractivity contribution in [2.24, 2.45) is 11.5 Å². The van der Waals surface area contributed by atoms with Crippen molar-refractivity contribution < 1.29 is 0 Å². The summed E-state index contributed by atoms with van der Waals surface area (Å²) in [5, 5.41) is 0.748. The second-order valence-electron chi connectivity index (χ2n) is 4.28. The molecule has 4 heteroatoms. The standard InChI is InChI=1S/C15H17ClN2S/c16-11-5-7-12(8-6-11)19-15-4-2-1-3-13(15)14(18)9-10-17/h1-8,14H,9-10,17-18H2/t14-/m0/s1. The Labute approximate surface area is 123 Å². The minimum absolute atomic E-state index is 0.0130. The molecule has 2 nitrogen and oxygen atoms in total. The fraction of sp³-hybridized carbons (Fsp3) is 0.200. The summed E-state index contributed by atoms with van der Waals surface area (Å²) < 4.78 is 0. The van der Waals surface area contributed by atoms with E-state index in [0.717, 1.165) is 21.9 Å². The van der Waals surface area contributed by atoms with Crippen LogP contribution in [0, 0.1) is 0 Å². The predicted octanol–water partition coefficient (Wildman–Crippen LogP) is 3.84. The van der Waals surface area contributed by atoms with Gasteiger partial charge in [0.25, 0.3) is 0 Å². The Morgan fingerprint density at radius 1 is 1.05 bits per heavy atom. The maximum Gasteiger partial charge on any atom is 0.0406 e. The molecule has 4 N–H and O–H groups in total. The third-order valence-electron chi connectivity index (χ3n) is 2.84. The van der Waals surface area contributed by atoms with Crippen molar-refractivity contribution in [3.05, 3.63) is 59.1 Å². The van der Waals surface area contributed by atoms with E-state index >= 15 is 0 Å². The van der Waals surface area contributed by atoms with Gasteiger partial charge in [-0.15, -0.1) is 0 Å². The smallest absolute Gasteiger partial charge is 0.0406 e. The second kappa shape index (κ2) is 6.96. The Kier molecular flexibility index (Phi) is 5.28. The number of hydrogen-bond acceptors (Lipinski definition) is 3. The average molecular weight is 293 g/mol. The highest BCUT2D eigenvalue weighted by Gasteiger charge is 2.10. The van der Waals surface area contributed by atoms with Crippen molar-refractivity contribution in [2.45, 2.75) is 22.3 Å². The van der Waals surface area contributed by atoms with Gasteiger partial charge in [0.05, 0.1) is 0 Å². The van der Waals surface area contributed by atoms with Crippen LogP contribution in [0.4, 0.5) is 0 Å². The lowest BCUT2D eigenvalue weighted by Gasteiger charge is -2.15. The minimum atomic E-state index is -0.0130. The van der Waals surface area contributed by atoms with E-state index in [-0.39, 0.29) is 6.04 Å². The zero-order chi connectivity index (χ0) is 13.7. The minimum Gasteiger partial charge on any atom is -0.330 e. The zero-order valence-corrected chi connectivity index (χ0v) is 12.1. The molecule has 2 aromatic rings. The summed E-state index contributed by atoms with van der Waals surface area (Å²) in [5.74, 6) is 0. The van der Waals surface area contributed by atoms with E-state index < -0.39 is 0 Å². The van der Waals surface area contributed by atoms with E-state index in [1.54, 1.807) is 11.8 Å². The normalized spacial score (nSPS) is 12.4. The van der Waals surface area contributed by atoms with Crippen LogP contribution in [-0.4, -0.2) is 6.54 Å². The quantitative estimate of drug-likeness (QED) is 0.880. The van der Waals surface area contributed by atoms with E-state index in [9.17, 15) is 0 Å². The summed E-state index contributed by atoms with van der Waals surface area (Å²) in [6, 6.07) is 16.0. The molecule has 0 aliphatic carbocycles. The molecular formula is C15H17ClN2S. The third kappa shape index (κ3) is 3.98. The first-order valence-electron chi connectivity index (χ1n) is 6.18. The van der Waals surface area contributed by atoms with Crippen LogP contribution in [-0.2, 0) is 0 Å². The lowest BCUT2D eigenvalue weighted by molar-refractivity contribution is 0.651. The molecule has 19 heavy (non-hydrogen) atoms. The SMILES string of the molecule is NCC[C@H](N)c1ccccc1Sc1ccc(Cl)cc1. The molecule has 0 bridgehead atoms. The Balaban J connectivity index is 2.22. The summed E-state index contributed by atoms with van der Waals surface area (Å²) in [4.78, 5) is 2.32. The molecule has 0 amide bonds. The van der Waals surface area contributed by atoms with Crippen molar-refractivity contribution in [1.82, 2.24) is 0 Å². The maximum atomic E-state index is 6.17. The van der Waals surface area contributed by atoms with Crippen LogP contribution in [0.5, 0.6) is 0 Å². The van der Waals surface area contributed by atoms with E-state index in [0.29, 0.717) is 6.54 Å². The van der Waals surface area contributed by atoms with Crippen molar-refractivity contribution in [3.8, 4) is 0 Å². The molecule has 100 valence electrons. The van der Waals surface area contributed by atoms with Crippen LogP contribution in [0.3, 0.4) is 0 Å². The second-order valence-corrected chi connectivity index (χ2v) is 5.83. The van der Waals surface area contributed by atoms with Crippen molar-refractivity contribution in [1.29, 1.82) is 0 Å². The van der Waals surface area contributed by atoms with Crippen LogP contribution in [0.25, 0.3) is 0 Å².